The van der Waals surface area contributed by atoms with Gasteiger partial charge in [-0.2, -0.15) is 0 Å². The number of carboxylic acid groups (broad SMARTS) is 1. The van der Waals surface area contributed by atoms with Crippen molar-refractivity contribution in [1.29, 1.82) is 0 Å². The van der Waals surface area contributed by atoms with Crippen LogP contribution in [0.5, 0.6) is 0 Å². The van der Waals surface area contributed by atoms with Gasteiger partial charge in [0.15, 0.2) is 0 Å². The number of benzene rings is 1. The molecule has 1 atom stereocenters. The number of rotatable bonds is 4. The molecular formula is C12H15ClN2O3. The van der Waals surface area contributed by atoms with Crippen molar-refractivity contribution in [1.82, 2.24) is 5.32 Å². The lowest BCUT2D eigenvalue weighted by Gasteiger charge is -2.14. The maximum absolute atomic E-state index is 11.6. The Morgan fingerprint density at radius 2 is 2.11 bits per heavy atom. The van der Waals surface area contributed by atoms with Crippen LogP contribution in [0.4, 0.5) is 10.5 Å². The van der Waals surface area contributed by atoms with Crippen molar-refractivity contribution >= 4 is 29.3 Å². The number of hydrogen-bond donors (Lipinski definition) is 3. The zero-order valence-corrected chi connectivity index (χ0v) is 10.9. The average molecular weight is 271 g/mol. The van der Waals surface area contributed by atoms with E-state index in [-0.39, 0.29) is 0 Å². The molecule has 0 saturated heterocycles. The first kappa shape index (κ1) is 14.3. The molecule has 0 radical (unpaired) electrons. The Bertz CT molecular complexity index is 463. The first-order chi connectivity index (χ1) is 8.43. The molecule has 0 aliphatic rings. The van der Waals surface area contributed by atoms with Crippen molar-refractivity contribution in [3.05, 3.63) is 28.8 Å². The Hall–Kier alpha value is -1.75. The third-order valence-electron chi connectivity index (χ3n) is 2.46. The van der Waals surface area contributed by atoms with Crippen molar-refractivity contribution < 1.29 is 14.7 Å². The van der Waals surface area contributed by atoms with Gasteiger partial charge in [0.2, 0.25) is 0 Å². The van der Waals surface area contributed by atoms with Gasteiger partial charge in [-0.05, 0) is 31.0 Å². The van der Waals surface area contributed by atoms with Crippen molar-refractivity contribution in [2.24, 2.45) is 0 Å². The molecule has 0 aliphatic heterocycles. The van der Waals surface area contributed by atoms with Gasteiger partial charge in [-0.25, -0.2) is 9.59 Å². The van der Waals surface area contributed by atoms with Crippen molar-refractivity contribution in [3.63, 3.8) is 0 Å². The van der Waals surface area contributed by atoms with Gasteiger partial charge in [0.05, 0.1) is 0 Å². The van der Waals surface area contributed by atoms with Crippen LogP contribution in [0.25, 0.3) is 0 Å². The fourth-order valence-corrected chi connectivity index (χ4v) is 1.56. The second kappa shape index (κ2) is 6.26. The maximum atomic E-state index is 11.6. The summed E-state index contributed by atoms with van der Waals surface area (Å²) in [6, 6.07) is 3.63. The van der Waals surface area contributed by atoms with E-state index in [1.807, 2.05) is 6.92 Å². The molecule has 1 aromatic carbocycles. The molecular weight excluding hydrogens is 256 g/mol. The second-order valence-electron chi connectivity index (χ2n) is 3.86. The average Bonchev–Trinajstić information content (AvgIpc) is 2.30. The smallest absolute Gasteiger partial charge is 0.326 e. The SMILES string of the molecule is CC[C@H](NC(=O)Nc1cc(Cl)ccc1C)C(=O)O. The highest BCUT2D eigenvalue weighted by Crippen LogP contribution is 2.19. The molecule has 0 spiro atoms. The molecule has 0 heterocycles. The molecule has 1 rings (SSSR count). The number of aliphatic carboxylic acids is 1. The van der Waals surface area contributed by atoms with Gasteiger partial charge in [-0.1, -0.05) is 24.6 Å². The van der Waals surface area contributed by atoms with Crippen LogP contribution in [0.1, 0.15) is 18.9 Å². The van der Waals surface area contributed by atoms with Crippen LogP contribution in [-0.2, 0) is 4.79 Å². The van der Waals surface area contributed by atoms with Crippen molar-refractivity contribution in [3.8, 4) is 0 Å². The molecule has 3 N–H and O–H groups in total. The Balaban J connectivity index is 2.70. The fraction of sp³-hybridized carbons (Fsp3) is 0.333. The summed E-state index contributed by atoms with van der Waals surface area (Å²) in [6.45, 7) is 3.50. The summed E-state index contributed by atoms with van der Waals surface area (Å²) in [6.07, 6.45) is 0.317. The number of nitrogens with one attached hydrogen (secondary N) is 2. The zero-order valence-electron chi connectivity index (χ0n) is 10.2. The lowest BCUT2D eigenvalue weighted by atomic mass is 10.2. The molecule has 0 unspecified atom stereocenters. The van der Waals surface area contributed by atoms with E-state index in [1.165, 1.54) is 0 Å². The molecule has 2 amide bonds. The number of aryl methyl sites for hydroxylation is 1. The van der Waals surface area contributed by atoms with Crippen LogP contribution in [0.3, 0.4) is 0 Å². The summed E-state index contributed by atoms with van der Waals surface area (Å²) < 4.78 is 0. The maximum Gasteiger partial charge on any atom is 0.326 e. The summed E-state index contributed by atoms with van der Waals surface area (Å²) >= 11 is 5.82. The number of hydrogen-bond acceptors (Lipinski definition) is 2. The third-order valence-corrected chi connectivity index (χ3v) is 2.69. The molecule has 18 heavy (non-hydrogen) atoms. The van der Waals surface area contributed by atoms with Crippen LogP contribution in [-0.4, -0.2) is 23.1 Å². The molecule has 0 saturated carbocycles. The predicted molar refractivity (Wildman–Crippen MR) is 70.1 cm³/mol. The number of carboxylic acids is 1. The quantitative estimate of drug-likeness (QED) is 0.787. The van der Waals surface area contributed by atoms with E-state index < -0.39 is 18.0 Å². The van der Waals surface area contributed by atoms with Crippen molar-refractivity contribution in [2.45, 2.75) is 26.3 Å². The van der Waals surface area contributed by atoms with Gasteiger partial charge in [-0.3, -0.25) is 0 Å². The Kier molecular flexibility index (Phi) is 4.97. The lowest BCUT2D eigenvalue weighted by Crippen LogP contribution is -2.42. The molecule has 0 fully saturated rings. The topological polar surface area (TPSA) is 78.4 Å². The molecule has 6 heteroatoms. The van der Waals surface area contributed by atoms with Gasteiger partial charge in [-0.15, -0.1) is 0 Å². The standard InChI is InChI=1S/C12H15ClN2O3/c1-3-9(11(16)17)14-12(18)15-10-6-8(13)5-4-7(10)2/h4-6,9H,3H2,1-2H3,(H,16,17)(H2,14,15,18)/t9-/m0/s1. The number of anilines is 1. The number of amides is 2. The minimum atomic E-state index is -1.06. The largest absolute Gasteiger partial charge is 0.480 e. The zero-order chi connectivity index (χ0) is 13.7. The van der Waals surface area contributed by atoms with Gasteiger partial charge >= 0.3 is 12.0 Å². The summed E-state index contributed by atoms with van der Waals surface area (Å²) in [5.74, 6) is -1.06. The van der Waals surface area contributed by atoms with E-state index in [9.17, 15) is 9.59 Å². The number of halogens is 1. The molecule has 0 aromatic heterocycles. The number of carbonyl (C=O) groups excluding carboxylic acids is 1. The van der Waals surface area contributed by atoms with Crippen LogP contribution in [0.15, 0.2) is 18.2 Å². The highest BCUT2D eigenvalue weighted by Gasteiger charge is 2.17. The van der Waals surface area contributed by atoms with E-state index in [0.717, 1.165) is 5.56 Å². The second-order valence-corrected chi connectivity index (χ2v) is 4.29. The first-order valence-corrected chi connectivity index (χ1v) is 5.88. The molecule has 1 aromatic rings. The van der Waals surface area contributed by atoms with E-state index in [1.54, 1.807) is 25.1 Å². The third kappa shape index (κ3) is 3.92. The van der Waals surface area contributed by atoms with Gasteiger partial charge < -0.3 is 15.7 Å². The predicted octanol–water partition coefficient (Wildman–Crippen LogP) is 2.63. The van der Waals surface area contributed by atoms with Crippen LogP contribution >= 0.6 is 11.6 Å². The van der Waals surface area contributed by atoms with Crippen LogP contribution in [0.2, 0.25) is 5.02 Å². The highest BCUT2D eigenvalue weighted by molar-refractivity contribution is 6.31. The monoisotopic (exact) mass is 270 g/mol. The Labute approximate surface area is 110 Å². The minimum absolute atomic E-state index is 0.317. The fourth-order valence-electron chi connectivity index (χ4n) is 1.38. The summed E-state index contributed by atoms with van der Waals surface area (Å²) in [5, 5.41) is 14.3. The number of carbonyl (C=O) groups is 2. The molecule has 98 valence electrons. The summed E-state index contributed by atoms with van der Waals surface area (Å²) in [5.41, 5.74) is 1.40. The Morgan fingerprint density at radius 1 is 1.44 bits per heavy atom. The van der Waals surface area contributed by atoms with Crippen LogP contribution in [0, 0.1) is 6.92 Å². The summed E-state index contributed by atoms with van der Waals surface area (Å²) in [4.78, 5) is 22.4. The van der Waals surface area contributed by atoms with Gasteiger partial charge in [0.25, 0.3) is 0 Å². The van der Waals surface area contributed by atoms with E-state index in [4.69, 9.17) is 16.7 Å². The highest BCUT2D eigenvalue weighted by atomic mass is 35.5. The Morgan fingerprint density at radius 3 is 2.67 bits per heavy atom. The first-order valence-electron chi connectivity index (χ1n) is 5.50. The molecule has 0 aliphatic carbocycles. The molecule has 5 nitrogen and oxygen atoms in total. The lowest BCUT2D eigenvalue weighted by molar-refractivity contribution is -0.139. The van der Waals surface area contributed by atoms with Gasteiger partial charge in [0.1, 0.15) is 6.04 Å². The van der Waals surface area contributed by atoms with Crippen molar-refractivity contribution in [2.75, 3.05) is 5.32 Å². The normalized spacial score (nSPS) is 11.7. The molecule has 0 bridgehead atoms. The minimum Gasteiger partial charge on any atom is -0.480 e. The van der Waals surface area contributed by atoms with Gasteiger partial charge in [0, 0.05) is 10.7 Å². The number of urea groups is 1. The van der Waals surface area contributed by atoms with E-state index >= 15 is 0 Å². The van der Waals surface area contributed by atoms with E-state index in [0.29, 0.717) is 17.1 Å². The van der Waals surface area contributed by atoms with Crippen LogP contribution < -0.4 is 10.6 Å². The summed E-state index contributed by atoms with van der Waals surface area (Å²) in [7, 11) is 0. The van der Waals surface area contributed by atoms with E-state index in [2.05, 4.69) is 10.6 Å².